The fourth-order valence-electron chi connectivity index (χ4n) is 3.02. The molecule has 0 aromatic heterocycles. The van der Waals surface area contributed by atoms with Crippen LogP contribution in [-0.4, -0.2) is 34.7 Å². The van der Waals surface area contributed by atoms with Crippen molar-refractivity contribution in [1.82, 2.24) is 4.90 Å². The Morgan fingerprint density at radius 3 is 2.52 bits per heavy atom. The van der Waals surface area contributed by atoms with Crippen LogP contribution >= 0.6 is 12.2 Å². The monoisotopic (exact) mass is 356 g/mol. The zero-order valence-corrected chi connectivity index (χ0v) is 15.0. The number of aliphatic hydroxyl groups is 1. The maximum absolute atomic E-state index is 13.2. The molecule has 130 valence electrons. The fraction of sp³-hybridized carbons (Fsp3) is 0.263. The molecule has 0 spiro atoms. The van der Waals surface area contributed by atoms with Crippen LogP contribution < -0.4 is 9.64 Å². The lowest BCUT2D eigenvalue weighted by Gasteiger charge is -2.31. The van der Waals surface area contributed by atoms with Crippen LogP contribution in [0, 0.1) is 0 Å². The smallest absolute Gasteiger partial charge is 0.291 e. The van der Waals surface area contributed by atoms with Crippen molar-refractivity contribution in [1.29, 1.82) is 0 Å². The third kappa shape index (κ3) is 2.77. The second kappa shape index (κ2) is 6.82. The van der Waals surface area contributed by atoms with Gasteiger partial charge in [0.25, 0.3) is 5.91 Å². The van der Waals surface area contributed by atoms with E-state index in [0.29, 0.717) is 28.7 Å². The molecule has 0 radical (unpaired) electrons. The van der Waals surface area contributed by atoms with Gasteiger partial charge in [-0.25, -0.2) is 0 Å². The third-order valence-corrected chi connectivity index (χ3v) is 4.65. The number of methoxy groups -OCH3 is 1. The van der Waals surface area contributed by atoms with Crippen molar-refractivity contribution in [2.75, 3.05) is 18.6 Å². The molecule has 1 aliphatic rings. The second-order valence-corrected chi connectivity index (χ2v) is 6.18. The molecule has 2 aromatic rings. The van der Waals surface area contributed by atoms with Gasteiger partial charge in [0.05, 0.1) is 12.8 Å². The van der Waals surface area contributed by atoms with Gasteiger partial charge in [0.2, 0.25) is 5.72 Å². The van der Waals surface area contributed by atoms with Gasteiger partial charge in [0, 0.05) is 12.1 Å². The Morgan fingerprint density at radius 1 is 1.16 bits per heavy atom. The first-order valence-electron chi connectivity index (χ1n) is 8.12. The first-order chi connectivity index (χ1) is 12.0. The highest BCUT2D eigenvalue weighted by Crippen LogP contribution is 2.38. The summed E-state index contributed by atoms with van der Waals surface area (Å²) >= 11 is 5.54. The van der Waals surface area contributed by atoms with Crippen molar-refractivity contribution in [2.45, 2.75) is 19.1 Å². The highest BCUT2D eigenvalue weighted by Gasteiger charge is 2.56. The number of thiocarbonyl (C=S) groups is 1. The van der Waals surface area contributed by atoms with Gasteiger partial charge in [-0.15, -0.1) is 0 Å². The van der Waals surface area contributed by atoms with Crippen molar-refractivity contribution >= 4 is 28.9 Å². The number of ether oxygens (including phenoxy) is 1. The Morgan fingerprint density at radius 2 is 1.88 bits per heavy atom. The summed E-state index contributed by atoms with van der Waals surface area (Å²) in [5, 5.41) is 11.7. The highest BCUT2D eigenvalue weighted by atomic mass is 32.1. The molecule has 0 aliphatic carbocycles. The molecule has 25 heavy (non-hydrogen) atoms. The van der Waals surface area contributed by atoms with E-state index in [0.717, 1.165) is 6.42 Å². The lowest BCUT2D eigenvalue weighted by Crippen LogP contribution is -2.47. The average molecular weight is 356 g/mol. The molecule has 0 bridgehead atoms. The van der Waals surface area contributed by atoms with Crippen molar-refractivity contribution < 1.29 is 14.6 Å². The minimum absolute atomic E-state index is 0.295. The summed E-state index contributed by atoms with van der Waals surface area (Å²) < 4.78 is 5.24. The first-order valence-corrected chi connectivity index (χ1v) is 8.53. The predicted octanol–water partition coefficient (Wildman–Crippen LogP) is 2.88. The summed E-state index contributed by atoms with van der Waals surface area (Å²) in [7, 11) is 1.55. The van der Waals surface area contributed by atoms with E-state index < -0.39 is 11.6 Å². The molecular weight excluding hydrogens is 336 g/mol. The molecule has 0 unspecified atom stereocenters. The van der Waals surface area contributed by atoms with E-state index in [1.807, 2.05) is 25.1 Å². The molecule has 5 nitrogen and oxygen atoms in total. The SMILES string of the molecule is CCCN1C(=S)N(c2ccccc2)C(=O)[C@]1(O)c1cccc(OC)c1. The van der Waals surface area contributed by atoms with Crippen molar-refractivity contribution in [2.24, 2.45) is 0 Å². The second-order valence-electron chi connectivity index (χ2n) is 5.81. The van der Waals surface area contributed by atoms with E-state index in [9.17, 15) is 9.90 Å². The van der Waals surface area contributed by atoms with Gasteiger partial charge in [-0.3, -0.25) is 9.69 Å². The molecule has 1 heterocycles. The number of amides is 1. The molecular formula is C19H20N2O3S. The molecule has 6 heteroatoms. The number of para-hydroxylation sites is 1. The van der Waals surface area contributed by atoms with Gasteiger partial charge in [-0.05, 0) is 42.9 Å². The van der Waals surface area contributed by atoms with Crippen LogP contribution in [0.3, 0.4) is 0 Å². The van der Waals surface area contributed by atoms with Crippen molar-refractivity contribution in [3.8, 4) is 5.75 Å². The molecule has 1 fully saturated rings. The Balaban J connectivity index is 2.12. The highest BCUT2D eigenvalue weighted by molar-refractivity contribution is 7.80. The molecule has 0 saturated carbocycles. The molecule has 1 N–H and O–H groups in total. The summed E-state index contributed by atoms with van der Waals surface area (Å²) in [6, 6.07) is 16.0. The van der Waals surface area contributed by atoms with Crippen molar-refractivity contribution in [3.05, 3.63) is 60.2 Å². The Kier molecular flexibility index (Phi) is 4.74. The van der Waals surface area contributed by atoms with Crippen LogP contribution in [0.15, 0.2) is 54.6 Å². The maximum Gasteiger partial charge on any atom is 0.291 e. The van der Waals surface area contributed by atoms with E-state index in [4.69, 9.17) is 17.0 Å². The van der Waals surface area contributed by atoms with Crippen LogP contribution in [0.4, 0.5) is 5.69 Å². The predicted molar refractivity (Wildman–Crippen MR) is 100 cm³/mol. The quantitative estimate of drug-likeness (QED) is 0.835. The Labute approximate surface area is 152 Å². The molecule has 1 atom stereocenters. The molecule has 1 aliphatic heterocycles. The van der Waals surface area contributed by atoms with E-state index >= 15 is 0 Å². The number of anilines is 1. The number of carbonyl (C=O) groups is 1. The van der Waals surface area contributed by atoms with Gasteiger partial charge in [-0.2, -0.15) is 0 Å². The number of hydrogen-bond donors (Lipinski definition) is 1. The van der Waals surface area contributed by atoms with E-state index in [2.05, 4.69) is 0 Å². The molecule has 3 rings (SSSR count). The molecule has 1 amide bonds. The fourth-order valence-corrected chi connectivity index (χ4v) is 3.43. The molecule has 1 saturated heterocycles. The summed E-state index contributed by atoms with van der Waals surface area (Å²) in [6.45, 7) is 2.44. The number of benzene rings is 2. The van der Waals surface area contributed by atoms with Gasteiger partial charge in [0.15, 0.2) is 5.11 Å². The van der Waals surface area contributed by atoms with Gasteiger partial charge in [-0.1, -0.05) is 37.3 Å². The summed E-state index contributed by atoms with van der Waals surface area (Å²) in [5.74, 6) is 0.0876. The van der Waals surface area contributed by atoms with Gasteiger partial charge >= 0.3 is 0 Å². The van der Waals surface area contributed by atoms with Gasteiger partial charge < -0.3 is 14.7 Å². The standard InChI is InChI=1S/C19H20N2O3S/c1-3-12-20-18(25)21(15-9-5-4-6-10-15)17(22)19(20,23)14-8-7-11-16(13-14)24-2/h4-11,13,23H,3,12H2,1-2H3/t19-/m1/s1. The maximum atomic E-state index is 13.2. The van der Waals surface area contributed by atoms with E-state index in [1.165, 1.54) is 4.90 Å². The zero-order chi connectivity index (χ0) is 18.0. The topological polar surface area (TPSA) is 53.0 Å². The normalized spacial score (nSPS) is 20.3. The van der Waals surface area contributed by atoms with Crippen molar-refractivity contribution in [3.63, 3.8) is 0 Å². The Hall–Kier alpha value is -2.44. The van der Waals surface area contributed by atoms with Crippen LogP contribution in [0.2, 0.25) is 0 Å². The lowest BCUT2D eigenvalue weighted by atomic mass is 10.0. The first kappa shape index (κ1) is 17.4. The Bertz CT molecular complexity index is 796. The van der Waals surface area contributed by atoms with E-state index in [1.54, 1.807) is 48.4 Å². The number of hydrogen-bond acceptors (Lipinski definition) is 4. The number of carbonyl (C=O) groups excluding carboxylic acids is 1. The largest absolute Gasteiger partial charge is 0.497 e. The average Bonchev–Trinajstić information content (AvgIpc) is 2.84. The van der Waals surface area contributed by atoms with Crippen LogP contribution in [0.25, 0.3) is 0 Å². The third-order valence-electron chi connectivity index (χ3n) is 4.25. The summed E-state index contributed by atoms with van der Waals surface area (Å²) in [4.78, 5) is 16.2. The summed E-state index contributed by atoms with van der Waals surface area (Å²) in [6.07, 6.45) is 0.738. The molecule has 2 aromatic carbocycles. The number of rotatable bonds is 5. The minimum Gasteiger partial charge on any atom is -0.497 e. The van der Waals surface area contributed by atoms with Crippen LogP contribution in [0.5, 0.6) is 5.75 Å². The lowest BCUT2D eigenvalue weighted by molar-refractivity contribution is -0.147. The summed E-state index contributed by atoms with van der Waals surface area (Å²) in [5.41, 5.74) is -0.777. The minimum atomic E-state index is -1.85. The number of nitrogens with zero attached hydrogens (tertiary/aromatic N) is 2. The van der Waals surface area contributed by atoms with Crippen LogP contribution in [0.1, 0.15) is 18.9 Å². The van der Waals surface area contributed by atoms with Gasteiger partial charge in [0.1, 0.15) is 5.75 Å². The van der Waals surface area contributed by atoms with E-state index in [-0.39, 0.29) is 0 Å². The van der Waals surface area contributed by atoms with Crippen LogP contribution in [-0.2, 0) is 10.5 Å². The zero-order valence-electron chi connectivity index (χ0n) is 14.2.